The summed E-state index contributed by atoms with van der Waals surface area (Å²) >= 11 is 0. The van der Waals surface area contributed by atoms with E-state index >= 15 is 0 Å². The molecular formula is C24H38N4O4. The molecular weight excluding hydrogens is 408 g/mol. The van der Waals surface area contributed by atoms with Crippen LogP contribution < -0.4 is 0 Å². The molecule has 0 aromatic rings. The van der Waals surface area contributed by atoms with E-state index in [9.17, 15) is 19.2 Å². The van der Waals surface area contributed by atoms with Crippen LogP contribution in [0.1, 0.15) is 26.7 Å². The van der Waals surface area contributed by atoms with Crippen molar-refractivity contribution in [2.75, 3.05) is 53.4 Å². The third-order valence-electron chi connectivity index (χ3n) is 4.92. The fourth-order valence-electron chi connectivity index (χ4n) is 2.86. The number of likely N-dealkylation sites (N-methyl/N-ethyl adjacent to an activating group) is 4. The van der Waals surface area contributed by atoms with Crippen molar-refractivity contribution in [3.63, 3.8) is 0 Å². The molecule has 0 aromatic carbocycles. The van der Waals surface area contributed by atoms with Crippen molar-refractivity contribution >= 4 is 23.6 Å². The van der Waals surface area contributed by atoms with Gasteiger partial charge < -0.3 is 19.6 Å². The largest absolute Gasteiger partial charge is 0.342 e. The fourth-order valence-corrected chi connectivity index (χ4v) is 2.86. The Morgan fingerprint density at radius 2 is 1.03 bits per heavy atom. The fraction of sp³-hybridized carbons (Fsp3) is 0.500. The van der Waals surface area contributed by atoms with Gasteiger partial charge in [0.2, 0.25) is 23.6 Å². The molecule has 0 aliphatic heterocycles. The van der Waals surface area contributed by atoms with Crippen molar-refractivity contribution < 1.29 is 19.2 Å². The predicted molar refractivity (Wildman–Crippen MR) is 128 cm³/mol. The summed E-state index contributed by atoms with van der Waals surface area (Å²) < 4.78 is 0. The summed E-state index contributed by atoms with van der Waals surface area (Å²) in [6.07, 6.45) is 9.80. The molecule has 0 rings (SSSR count). The highest BCUT2D eigenvalue weighted by atomic mass is 16.2. The standard InChI is InChI=1S/C24H38N4O4/c1-7-21(29)25(5)17-13-18-26(6)23(31)15-11-12-16-24(32)28(10-4)20-14-19-27(9-3)22(30)8-2/h7-8,11-12,15-16H,1-2,9-10,13-14,17-20H2,3-6H3/b15-11+,16-12+. The SMILES string of the molecule is C=CC(=O)N(C)CCCN(C)C(=O)/C=C/C=C/C(=O)N(CC)CCCN(CC)C(=O)C=C. The van der Waals surface area contributed by atoms with Gasteiger partial charge in [-0.25, -0.2) is 0 Å². The highest BCUT2D eigenvalue weighted by Gasteiger charge is 2.11. The van der Waals surface area contributed by atoms with E-state index in [-0.39, 0.29) is 23.6 Å². The summed E-state index contributed by atoms with van der Waals surface area (Å²) in [5.74, 6) is -0.591. The van der Waals surface area contributed by atoms with Gasteiger partial charge in [0.1, 0.15) is 0 Å². The van der Waals surface area contributed by atoms with E-state index in [0.717, 1.165) is 0 Å². The summed E-state index contributed by atoms with van der Waals surface area (Å²) in [5.41, 5.74) is 0. The first-order valence-electron chi connectivity index (χ1n) is 10.9. The van der Waals surface area contributed by atoms with E-state index in [1.165, 1.54) is 24.3 Å². The minimum atomic E-state index is -0.182. The Balaban J connectivity index is 4.46. The summed E-state index contributed by atoms with van der Waals surface area (Å²) in [6.45, 7) is 14.0. The third-order valence-corrected chi connectivity index (χ3v) is 4.92. The maximum atomic E-state index is 12.3. The first kappa shape index (κ1) is 28.8. The van der Waals surface area contributed by atoms with Crippen LogP contribution in [0.5, 0.6) is 0 Å². The maximum absolute atomic E-state index is 12.3. The molecule has 0 saturated carbocycles. The number of allylic oxidation sites excluding steroid dienone is 2. The van der Waals surface area contributed by atoms with Crippen LogP contribution in [-0.4, -0.2) is 96.6 Å². The zero-order chi connectivity index (χ0) is 24.5. The molecule has 0 radical (unpaired) electrons. The van der Waals surface area contributed by atoms with Crippen LogP contribution in [-0.2, 0) is 19.2 Å². The Bertz CT molecular complexity index is 715. The number of hydrogen-bond acceptors (Lipinski definition) is 4. The van der Waals surface area contributed by atoms with Gasteiger partial charge in [-0.1, -0.05) is 25.3 Å². The van der Waals surface area contributed by atoms with Crippen LogP contribution in [0.3, 0.4) is 0 Å². The van der Waals surface area contributed by atoms with Crippen molar-refractivity contribution in [3.05, 3.63) is 49.6 Å². The molecule has 0 spiro atoms. The molecule has 178 valence electrons. The molecule has 0 atom stereocenters. The van der Waals surface area contributed by atoms with Gasteiger partial charge >= 0.3 is 0 Å². The molecule has 0 unspecified atom stereocenters. The van der Waals surface area contributed by atoms with E-state index in [2.05, 4.69) is 13.2 Å². The van der Waals surface area contributed by atoms with E-state index in [4.69, 9.17) is 0 Å². The highest BCUT2D eigenvalue weighted by molar-refractivity contribution is 5.90. The lowest BCUT2D eigenvalue weighted by molar-refractivity contribution is -0.127. The van der Waals surface area contributed by atoms with Gasteiger partial charge in [0.05, 0.1) is 0 Å². The number of hydrogen-bond donors (Lipinski definition) is 0. The molecule has 0 bridgehead atoms. The average molecular weight is 447 g/mol. The van der Waals surface area contributed by atoms with Crippen molar-refractivity contribution in [2.24, 2.45) is 0 Å². The molecule has 0 aliphatic rings. The van der Waals surface area contributed by atoms with Gasteiger partial charge in [0.25, 0.3) is 0 Å². The Morgan fingerprint density at radius 3 is 1.50 bits per heavy atom. The van der Waals surface area contributed by atoms with Crippen LogP contribution in [0.15, 0.2) is 49.6 Å². The van der Waals surface area contributed by atoms with Crippen LogP contribution in [0.25, 0.3) is 0 Å². The van der Waals surface area contributed by atoms with Crippen LogP contribution in [0.2, 0.25) is 0 Å². The quantitative estimate of drug-likeness (QED) is 0.284. The third kappa shape index (κ3) is 11.3. The highest BCUT2D eigenvalue weighted by Crippen LogP contribution is 1.99. The Morgan fingerprint density at radius 1 is 0.625 bits per heavy atom. The lowest BCUT2D eigenvalue weighted by Crippen LogP contribution is -2.35. The smallest absolute Gasteiger partial charge is 0.246 e. The molecule has 0 aromatic heterocycles. The lowest BCUT2D eigenvalue weighted by Gasteiger charge is -2.23. The van der Waals surface area contributed by atoms with Crippen LogP contribution in [0.4, 0.5) is 0 Å². The Labute approximate surface area is 192 Å². The second-order valence-corrected chi connectivity index (χ2v) is 7.19. The van der Waals surface area contributed by atoms with Gasteiger partial charge in [-0.3, -0.25) is 19.2 Å². The Kier molecular flexibility index (Phi) is 14.9. The van der Waals surface area contributed by atoms with Crippen LogP contribution >= 0.6 is 0 Å². The zero-order valence-corrected chi connectivity index (χ0v) is 20.0. The normalized spacial score (nSPS) is 10.8. The van der Waals surface area contributed by atoms with E-state index in [1.54, 1.807) is 45.8 Å². The van der Waals surface area contributed by atoms with E-state index < -0.39 is 0 Å². The minimum absolute atomic E-state index is 0.112. The molecule has 8 nitrogen and oxygen atoms in total. The Hall–Kier alpha value is -3.16. The van der Waals surface area contributed by atoms with Gasteiger partial charge in [0.15, 0.2) is 0 Å². The zero-order valence-electron chi connectivity index (χ0n) is 20.0. The number of amides is 4. The summed E-state index contributed by atoms with van der Waals surface area (Å²) in [7, 11) is 3.38. The topological polar surface area (TPSA) is 81.2 Å². The second-order valence-electron chi connectivity index (χ2n) is 7.19. The first-order chi connectivity index (χ1) is 15.2. The minimum Gasteiger partial charge on any atom is -0.342 e. The van der Waals surface area contributed by atoms with Crippen molar-refractivity contribution in [1.29, 1.82) is 0 Å². The lowest BCUT2D eigenvalue weighted by atomic mass is 10.3. The number of rotatable bonds is 15. The van der Waals surface area contributed by atoms with Crippen molar-refractivity contribution in [1.82, 2.24) is 19.6 Å². The molecule has 0 aliphatic carbocycles. The predicted octanol–water partition coefficient (Wildman–Crippen LogP) is 1.86. The van der Waals surface area contributed by atoms with Gasteiger partial charge in [-0.2, -0.15) is 0 Å². The molecule has 0 fully saturated rings. The number of carbonyl (C=O) groups excluding carboxylic acids is 4. The number of nitrogens with zero attached hydrogens (tertiary/aromatic N) is 4. The van der Waals surface area contributed by atoms with Crippen molar-refractivity contribution in [3.8, 4) is 0 Å². The first-order valence-corrected chi connectivity index (χ1v) is 10.9. The van der Waals surface area contributed by atoms with Crippen LogP contribution in [0, 0.1) is 0 Å². The summed E-state index contributed by atoms with van der Waals surface area (Å²) in [5, 5.41) is 0. The second kappa shape index (κ2) is 16.5. The summed E-state index contributed by atoms with van der Waals surface area (Å²) in [6, 6.07) is 0. The van der Waals surface area contributed by atoms with Crippen molar-refractivity contribution in [2.45, 2.75) is 26.7 Å². The molecule has 0 saturated heterocycles. The van der Waals surface area contributed by atoms with E-state index in [1.807, 2.05) is 13.8 Å². The molecule has 32 heavy (non-hydrogen) atoms. The average Bonchev–Trinajstić information content (AvgIpc) is 2.80. The number of carbonyl (C=O) groups is 4. The van der Waals surface area contributed by atoms with E-state index in [0.29, 0.717) is 52.1 Å². The summed E-state index contributed by atoms with van der Waals surface area (Å²) in [4.78, 5) is 54.1. The molecule has 8 heteroatoms. The van der Waals surface area contributed by atoms with Gasteiger partial charge in [-0.15, -0.1) is 0 Å². The molecule has 0 N–H and O–H groups in total. The molecule has 0 heterocycles. The van der Waals surface area contributed by atoms with Gasteiger partial charge in [0, 0.05) is 65.5 Å². The molecule has 4 amide bonds. The monoisotopic (exact) mass is 446 g/mol. The van der Waals surface area contributed by atoms with Gasteiger partial charge in [-0.05, 0) is 38.8 Å². The maximum Gasteiger partial charge on any atom is 0.246 e.